The average molecular weight is 247 g/mol. The largest absolute Gasteiger partial charge is 0.393 e. The lowest BCUT2D eigenvalue weighted by molar-refractivity contribution is 0.159. The van der Waals surface area contributed by atoms with Gasteiger partial charge in [0.1, 0.15) is 0 Å². The number of aliphatic hydroxyl groups excluding tert-OH is 1. The van der Waals surface area contributed by atoms with Gasteiger partial charge in [-0.15, -0.1) is 0 Å². The maximum Gasteiger partial charge on any atom is 0.0526 e. The molecule has 0 spiro atoms. The van der Waals surface area contributed by atoms with Crippen molar-refractivity contribution in [1.29, 1.82) is 0 Å². The molecule has 0 saturated heterocycles. The third kappa shape index (κ3) is 3.56. The molecule has 1 fully saturated rings. The topological polar surface area (TPSA) is 32.3 Å². The van der Waals surface area contributed by atoms with Gasteiger partial charge in [-0.1, -0.05) is 29.8 Å². The van der Waals surface area contributed by atoms with Crippen LogP contribution in [-0.4, -0.2) is 23.3 Å². The van der Waals surface area contributed by atoms with Crippen LogP contribution in [0.25, 0.3) is 0 Å². The van der Waals surface area contributed by atoms with Crippen LogP contribution in [0.15, 0.2) is 24.3 Å². The zero-order valence-corrected chi connectivity index (χ0v) is 11.7. The van der Waals surface area contributed by atoms with Gasteiger partial charge in [-0.25, -0.2) is 0 Å². The first kappa shape index (κ1) is 13.6. The molecule has 1 aromatic rings. The second kappa shape index (κ2) is 5.85. The maximum absolute atomic E-state index is 9.34. The van der Waals surface area contributed by atoms with E-state index in [-0.39, 0.29) is 6.10 Å². The zero-order valence-electron chi connectivity index (χ0n) is 11.7. The number of hydrogen-bond acceptors (Lipinski definition) is 2. The highest BCUT2D eigenvalue weighted by Crippen LogP contribution is 2.37. The second-order valence-electron chi connectivity index (χ2n) is 5.93. The van der Waals surface area contributed by atoms with Gasteiger partial charge in [0, 0.05) is 12.1 Å². The van der Waals surface area contributed by atoms with Gasteiger partial charge < -0.3 is 10.4 Å². The molecule has 2 heteroatoms. The predicted molar refractivity (Wildman–Crippen MR) is 75.8 cm³/mol. The van der Waals surface area contributed by atoms with E-state index < -0.39 is 0 Å². The molecule has 1 aliphatic carbocycles. The lowest BCUT2D eigenvalue weighted by atomic mass is 9.75. The standard InChI is InChI=1S/C16H25NO/c1-11-4-6-14(7-5-11)15-9-16(10-15)17-12(2)8-13(3)18/h4-7,12-13,15-18H,8-10H2,1-3H3. The van der Waals surface area contributed by atoms with Crippen LogP contribution >= 0.6 is 0 Å². The summed E-state index contributed by atoms with van der Waals surface area (Å²) in [7, 11) is 0. The maximum atomic E-state index is 9.34. The van der Waals surface area contributed by atoms with E-state index in [1.54, 1.807) is 0 Å². The van der Waals surface area contributed by atoms with Gasteiger partial charge >= 0.3 is 0 Å². The van der Waals surface area contributed by atoms with Crippen molar-refractivity contribution < 1.29 is 5.11 Å². The molecule has 2 N–H and O–H groups in total. The third-order valence-corrected chi connectivity index (χ3v) is 3.90. The highest BCUT2D eigenvalue weighted by atomic mass is 16.3. The van der Waals surface area contributed by atoms with E-state index in [9.17, 15) is 5.11 Å². The molecule has 1 saturated carbocycles. The van der Waals surface area contributed by atoms with E-state index in [0.717, 1.165) is 12.3 Å². The summed E-state index contributed by atoms with van der Waals surface area (Å²) in [5, 5.41) is 12.9. The number of rotatable bonds is 5. The van der Waals surface area contributed by atoms with E-state index in [2.05, 4.69) is 43.4 Å². The number of benzene rings is 1. The summed E-state index contributed by atoms with van der Waals surface area (Å²) in [5.41, 5.74) is 2.81. The Morgan fingerprint density at radius 2 is 1.83 bits per heavy atom. The van der Waals surface area contributed by atoms with Crippen LogP contribution in [0, 0.1) is 6.92 Å². The minimum Gasteiger partial charge on any atom is -0.393 e. The van der Waals surface area contributed by atoms with Crippen LogP contribution in [0.4, 0.5) is 0 Å². The number of aryl methyl sites for hydroxylation is 1. The zero-order chi connectivity index (χ0) is 13.1. The van der Waals surface area contributed by atoms with Gasteiger partial charge in [-0.05, 0) is 51.5 Å². The average Bonchev–Trinajstić information content (AvgIpc) is 2.23. The Kier molecular flexibility index (Phi) is 4.41. The van der Waals surface area contributed by atoms with E-state index in [0.29, 0.717) is 12.1 Å². The molecular weight excluding hydrogens is 222 g/mol. The normalized spacial score (nSPS) is 26.4. The Hall–Kier alpha value is -0.860. The van der Waals surface area contributed by atoms with Crippen LogP contribution in [0.3, 0.4) is 0 Å². The fourth-order valence-corrected chi connectivity index (χ4v) is 2.85. The summed E-state index contributed by atoms with van der Waals surface area (Å²) < 4.78 is 0. The molecular formula is C16H25NO. The Bertz CT molecular complexity index is 365. The molecule has 100 valence electrons. The molecule has 18 heavy (non-hydrogen) atoms. The van der Waals surface area contributed by atoms with Crippen molar-refractivity contribution in [2.45, 2.75) is 64.1 Å². The molecule has 0 radical (unpaired) electrons. The lowest BCUT2D eigenvalue weighted by Gasteiger charge is -2.38. The van der Waals surface area contributed by atoms with Crippen molar-refractivity contribution in [2.75, 3.05) is 0 Å². The van der Waals surface area contributed by atoms with Crippen molar-refractivity contribution in [3.63, 3.8) is 0 Å². The van der Waals surface area contributed by atoms with Gasteiger partial charge in [0.05, 0.1) is 6.10 Å². The molecule has 2 rings (SSSR count). The number of nitrogens with one attached hydrogen (secondary N) is 1. The Morgan fingerprint density at radius 1 is 1.22 bits per heavy atom. The molecule has 0 aliphatic heterocycles. The first-order chi connectivity index (χ1) is 8.54. The Labute approximate surface area is 110 Å². The first-order valence-electron chi connectivity index (χ1n) is 7.05. The van der Waals surface area contributed by atoms with Gasteiger partial charge in [0.25, 0.3) is 0 Å². The highest BCUT2D eigenvalue weighted by Gasteiger charge is 2.30. The smallest absolute Gasteiger partial charge is 0.0526 e. The molecule has 1 aliphatic rings. The fourth-order valence-electron chi connectivity index (χ4n) is 2.85. The van der Waals surface area contributed by atoms with E-state index in [4.69, 9.17) is 0 Å². The number of hydrogen-bond donors (Lipinski definition) is 2. The summed E-state index contributed by atoms with van der Waals surface area (Å²) in [6, 6.07) is 9.96. The summed E-state index contributed by atoms with van der Waals surface area (Å²) in [5.74, 6) is 0.724. The van der Waals surface area contributed by atoms with Crippen molar-refractivity contribution in [3.05, 3.63) is 35.4 Å². The first-order valence-corrected chi connectivity index (χ1v) is 7.05. The molecule has 0 heterocycles. The van der Waals surface area contributed by atoms with Crippen LogP contribution in [0.1, 0.15) is 50.2 Å². The van der Waals surface area contributed by atoms with Crippen LogP contribution in [0.5, 0.6) is 0 Å². The monoisotopic (exact) mass is 247 g/mol. The van der Waals surface area contributed by atoms with Crippen LogP contribution in [0.2, 0.25) is 0 Å². The van der Waals surface area contributed by atoms with Crippen molar-refractivity contribution in [3.8, 4) is 0 Å². The van der Waals surface area contributed by atoms with Gasteiger partial charge in [0.2, 0.25) is 0 Å². The van der Waals surface area contributed by atoms with Gasteiger partial charge in [0.15, 0.2) is 0 Å². The molecule has 0 bridgehead atoms. The SMILES string of the molecule is Cc1ccc(C2CC(NC(C)CC(C)O)C2)cc1. The summed E-state index contributed by atoms with van der Waals surface area (Å²) in [6.45, 7) is 6.15. The van der Waals surface area contributed by atoms with E-state index >= 15 is 0 Å². The van der Waals surface area contributed by atoms with E-state index in [1.165, 1.54) is 24.0 Å². The summed E-state index contributed by atoms with van der Waals surface area (Å²) in [4.78, 5) is 0. The van der Waals surface area contributed by atoms with E-state index in [1.807, 2.05) is 6.92 Å². The molecule has 0 aromatic heterocycles. The molecule has 0 amide bonds. The predicted octanol–water partition coefficient (Wildman–Crippen LogP) is 2.99. The Balaban J connectivity index is 1.75. The number of aliphatic hydroxyl groups is 1. The molecule has 2 nitrogen and oxygen atoms in total. The second-order valence-corrected chi connectivity index (χ2v) is 5.93. The summed E-state index contributed by atoms with van der Waals surface area (Å²) in [6.07, 6.45) is 3.09. The van der Waals surface area contributed by atoms with Gasteiger partial charge in [-0.2, -0.15) is 0 Å². The molecule has 1 aromatic carbocycles. The third-order valence-electron chi connectivity index (χ3n) is 3.90. The highest BCUT2D eigenvalue weighted by molar-refractivity contribution is 5.26. The summed E-state index contributed by atoms with van der Waals surface area (Å²) >= 11 is 0. The fraction of sp³-hybridized carbons (Fsp3) is 0.625. The van der Waals surface area contributed by atoms with Crippen LogP contribution in [-0.2, 0) is 0 Å². The van der Waals surface area contributed by atoms with Crippen molar-refractivity contribution in [2.24, 2.45) is 0 Å². The quantitative estimate of drug-likeness (QED) is 0.838. The molecule has 2 unspecified atom stereocenters. The van der Waals surface area contributed by atoms with Gasteiger partial charge in [-0.3, -0.25) is 0 Å². The van der Waals surface area contributed by atoms with Crippen LogP contribution < -0.4 is 5.32 Å². The van der Waals surface area contributed by atoms with Crippen molar-refractivity contribution >= 4 is 0 Å². The van der Waals surface area contributed by atoms with Crippen molar-refractivity contribution in [1.82, 2.24) is 5.32 Å². The minimum absolute atomic E-state index is 0.208. The molecule has 2 atom stereocenters. The minimum atomic E-state index is -0.208. The Morgan fingerprint density at radius 3 is 2.39 bits per heavy atom. The lowest BCUT2D eigenvalue weighted by Crippen LogP contribution is -2.45.